The Hall–Kier alpha value is -2.73. The lowest BCUT2D eigenvalue weighted by atomic mass is 10.1. The molecule has 2 aromatic rings. The van der Waals surface area contributed by atoms with Crippen LogP contribution in [-0.4, -0.2) is 17.0 Å². The molecule has 0 spiro atoms. The van der Waals surface area contributed by atoms with E-state index in [-0.39, 0.29) is 5.69 Å². The van der Waals surface area contributed by atoms with Crippen LogP contribution in [0.25, 0.3) is 0 Å². The van der Waals surface area contributed by atoms with Crippen LogP contribution in [0.4, 0.5) is 5.69 Å². The normalized spacial score (nSPS) is 19.5. The van der Waals surface area contributed by atoms with E-state index >= 15 is 0 Å². The molecule has 2 aromatic carbocycles. The van der Waals surface area contributed by atoms with Gasteiger partial charge in [-0.3, -0.25) is 10.1 Å². The largest absolute Gasteiger partial charge is 0.425 e. The highest BCUT2D eigenvalue weighted by Gasteiger charge is 2.47. The van der Waals surface area contributed by atoms with E-state index in [1.807, 2.05) is 19.1 Å². The molecule has 0 bridgehead atoms. The second kappa shape index (κ2) is 5.57. The molecular weight excluding hydrogens is 286 g/mol. The number of nitro groups is 1. The Morgan fingerprint density at radius 2 is 1.77 bits per heavy atom. The second-order valence-corrected chi connectivity index (χ2v) is 5.06. The summed E-state index contributed by atoms with van der Waals surface area (Å²) in [5.41, 5.74) is 1.80. The number of epoxide rings is 1. The minimum Gasteiger partial charge on any atom is -0.425 e. The average molecular weight is 299 g/mol. The molecule has 1 heterocycles. The minimum absolute atomic E-state index is 0.00295. The summed E-state index contributed by atoms with van der Waals surface area (Å²) in [5.74, 6) is 0.000699. The second-order valence-electron chi connectivity index (χ2n) is 5.06. The van der Waals surface area contributed by atoms with Crippen LogP contribution in [0.15, 0.2) is 48.5 Å². The molecule has 2 atom stereocenters. The first-order valence-electron chi connectivity index (χ1n) is 6.73. The molecule has 0 radical (unpaired) electrons. The van der Waals surface area contributed by atoms with Gasteiger partial charge in [0.25, 0.3) is 5.69 Å². The summed E-state index contributed by atoms with van der Waals surface area (Å²) in [6, 6.07) is 13.1. The summed E-state index contributed by atoms with van der Waals surface area (Å²) in [6.07, 6.45) is -1.07. The molecular formula is C16H13NO5. The van der Waals surface area contributed by atoms with Crippen LogP contribution in [0.2, 0.25) is 0 Å². The van der Waals surface area contributed by atoms with Gasteiger partial charge in [-0.05, 0) is 36.8 Å². The fourth-order valence-corrected chi connectivity index (χ4v) is 2.11. The van der Waals surface area contributed by atoms with Crippen LogP contribution >= 0.6 is 0 Å². The Bertz CT molecular complexity index is 708. The van der Waals surface area contributed by atoms with Crippen molar-refractivity contribution in [3.05, 3.63) is 69.8 Å². The summed E-state index contributed by atoms with van der Waals surface area (Å²) >= 11 is 0. The Morgan fingerprint density at radius 3 is 2.36 bits per heavy atom. The van der Waals surface area contributed by atoms with Crippen molar-refractivity contribution < 1.29 is 19.2 Å². The van der Waals surface area contributed by atoms with Gasteiger partial charge >= 0.3 is 5.97 Å². The molecule has 6 nitrogen and oxygen atoms in total. The number of aryl methyl sites for hydroxylation is 1. The predicted octanol–water partition coefficient (Wildman–Crippen LogP) is 2.95. The number of esters is 1. The van der Waals surface area contributed by atoms with Crippen molar-refractivity contribution in [1.82, 2.24) is 0 Å². The molecule has 0 saturated carbocycles. The van der Waals surface area contributed by atoms with Gasteiger partial charge in [0.2, 0.25) is 0 Å². The molecule has 1 fully saturated rings. The van der Waals surface area contributed by atoms with Crippen LogP contribution in [0, 0.1) is 17.0 Å². The number of rotatable bonds is 4. The number of ether oxygens (including phenoxy) is 2. The van der Waals surface area contributed by atoms with Gasteiger partial charge in [0, 0.05) is 12.1 Å². The number of hydrogen-bond donors (Lipinski definition) is 0. The maximum Gasteiger partial charge on any atom is 0.343 e. The molecule has 1 aliphatic rings. The van der Waals surface area contributed by atoms with Gasteiger partial charge < -0.3 is 9.47 Å². The minimum atomic E-state index is -0.664. The third-order valence-corrected chi connectivity index (χ3v) is 3.40. The highest BCUT2D eigenvalue weighted by atomic mass is 16.6. The molecule has 1 aliphatic heterocycles. The quantitative estimate of drug-likeness (QED) is 0.285. The first kappa shape index (κ1) is 14.2. The van der Waals surface area contributed by atoms with Crippen molar-refractivity contribution in [2.45, 2.75) is 19.1 Å². The predicted molar refractivity (Wildman–Crippen MR) is 77.5 cm³/mol. The third kappa shape index (κ3) is 2.96. The van der Waals surface area contributed by atoms with Crippen molar-refractivity contribution >= 4 is 11.7 Å². The smallest absolute Gasteiger partial charge is 0.343 e. The summed E-state index contributed by atoms with van der Waals surface area (Å²) in [6.45, 7) is 1.94. The lowest BCUT2D eigenvalue weighted by Gasteiger charge is -2.02. The summed E-state index contributed by atoms with van der Waals surface area (Å²) in [7, 11) is 0. The highest BCUT2D eigenvalue weighted by Crippen LogP contribution is 2.40. The number of carbonyl (C=O) groups is 1. The molecule has 0 aromatic heterocycles. The van der Waals surface area contributed by atoms with Gasteiger partial charge in [-0.15, -0.1) is 0 Å². The zero-order valence-corrected chi connectivity index (χ0v) is 11.8. The number of non-ortho nitro benzene ring substituents is 1. The first-order chi connectivity index (χ1) is 10.5. The van der Waals surface area contributed by atoms with E-state index in [0.717, 1.165) is 11.1 Å². The molecule has 6 heteroatoms. The van der Waals surface area contributed by atoms with E-state index < -0.39 is 23.1 Å². The van der Waals surface area contributed by atoms with Gasteiger partial charge in [0.05, 0.1) is 4.92 Å². The first-order valence-corrected chi connectivity index (χ1v) is 6.73. The van der Waals surface area contributed by atoms with Crippen LogP contribution < -0.4 is 4.74 Å². The summed E-state index contributed by atoms with van der Waals surface area (Å²) < 4.78 is 10.6. The van der Waals surface area contributed by atoms with Crippen LogP contribution in [0.1, 0.15) is 17.2 Å². The Balaban J connectivity index is 1.62. The standard InChI is InChI=1S/C16H13NO5/c1-10-2-8-13(9-3-10)21-16(18)15-14(22-15)11-4-6-12(7-5-11)17(19)20/h2-9,14-15H,1H3/t14-,15-/m0/s1. The third-order valence-electron chi connectivity index (χ3n) is 3.40. The van der Waals surface area contributed by atoms with Crippen LogP contribution in [-0.2, 0) is 9.53 Å². The topological polar surface area (TPSA) is 82.0 Å². The van der Waals surface area contributed by atoms with Crippen molar-refractivity contribution in [1.29, 1.82) is 0 Å². The SMILES string of the molecule is Cc1ccc(OC(=O)[C@H]2O[C@H]2c2ccc([N+](=O)[O-])cc2)cc1. The molecule has 0 amide bonds. The van der Waals surface area contributed by atoms with Crippen molar-refractivity contribution in [3.63, 3.8) is 0 Å². The molecule has 112 valence electrons. The van der Waals surface area contributed by atoms with Gasteiger partial charge in [0.1, 0.15) is 11.9 Å². The maximum atomic E-state index is 12.0. The van der Waals surface area contributed by atoms with Gasteiger partial charge in [-0.2, -0.15) is 0 Å². The fourth-order valence-electron chi connectivity index (χ4n) is 2.11. The van der Waals surface area contributed by atoms with Crippen molar-refractivity contribution in [3.8, 4) is 5.75 Å². The maximum absolute atomic E-state index is 12.0. The van der Waals surface area contributed by atoms with Crippen molar-refractivity contribution in [2.75, 3.05) is 0 Å². The zero-order valence-electron chi connectivity index (χ0n) is 11.8. The average Bonchev–Trinajstić information content (AvgIpc) is 3.30. The Labute approximate surface area is 126 Å². The van der Waals surface area contributed by atoms with E-state index in [0.29, 0.717) is 5.75 Å². The van der Waals surface area contributed by atoms with Gasteiger partial charge in [-0.1, -0.05) is 17.7 Å². The van der Waals surface area contributed by atoms with Gasteiger partial charge in [-0.25, -0.2) is 4.79 Å². The van der Waals surface area contributed by atoms with E-state index in [4.69, 9.17) is 9.47 Å². The van der Waals surface area contributed by atoms with Gasteiger partial charge in [0.15, 0.2) is 6.10 Å². The molecule has 0 N–H and O–H groups in total. The molecule has 3 rings (SSSR count). The number of nitro benzene ring substituents is 1. The van der Waals surface area contributed by atoms with Crippen molar-refractivity contribution in [2.24, 2.45) is 0 Å². The lowest BCUT2D eigenvalue weighted by Crippen LogP contribution is -2.15. The number of benzene rings is 2. The summed E-state index contributed by atoms with van der Waals surface area (Å²) in [5, 5.41) is 10.6. The van der Waals surface area contributed by atoms with E-state index in [1.165, 1.54) is 12.1 Å². The Morgan fingerprint density at radius 1 is 1.14 bits per heavy atom. The number of nitrogens with zero attached hydrogens (tertiary/aromatic N) is 1. The van der Waals surface area contributed by atoms with E-state index in [2.05, 4.69) is 0 Å². The van der Waals surface area contributed by atoms with Crippen LogP contribution in [0.3, 0.4) is 0 Å². The van der Waals surface area contributed by atoms with E-state index in [1.54, 1.807) is 24.3 Å². The molecule has 0 unspecified atom stereocenters. The Kier molecular flexibility index (Phi) is 3.60. The highest BCUT2D eigenvalue weighted by molar-refractivity contribution is 5.80. The molecule has 0 aliphatic carbocycles. The zero-order chi connectivity index (χ0) is 15.7. The fraction of sp³-hybridized carbons (Fsp3) is 0.188. The monoisotopic (exact) mass is 299 g/mol. The molecule has 22 heavy (non-hydrogen) atoms. The van der Waals surface area contributed by atoms with Crippen LogP contribution in [0.5, 0.6) is 5.75 Å². The lowest BCUT2D eigenvalue weighted by molar-refractivity contribution is -0.384. The molecule has 1 saturated heterocycles. The van der Waals surface area contributed by atoms with E-state index in [9.17, 15) is 14.9 Å². The summed E-state index contributed by atoms with van der Waals surface area (Å²) in [4.78, 5) is 22.1. The number of hydrogen-bond acceptors (Lipinski definition) is 5. The number of carbonyl (C=O) groups excluding carboxylic acids is 1.